The Balaban J connectivity index is 0.00000180. The monoisotopic (exact) mass is 302 g/mol. The van der Waals surface area contributed by atoms with E-state index in [9.17, 15) is 17.3 Å². The molecule has 0 radical (unpaired) electrons. The molecular formula is C11H12BF4KO2. The molecule has 0 amide bonds. The van der Waals surface area contributed by atoms with E-state index in [2.05, 4.69) is 0 Å². The maximum atomic E-state index is 13.0. The Morgan fingerprint density at radius 2 is 2.00 bits per heavy atom. The smallest absolute Gasteiger partial charge is 0.491 e. The second-order valence-electron chi connectivity index (χ2n) is 4.21. The van der Waals surface area contributed by atoms with Crippen LogP contribution in [0, 0.1) is 5.82 Å². The molecule has 0 saturated carbocycles. The largest absolute Gasteiger partial charge is 1.00 e. The number of hydrogen-bond donors (Lipinski definition) is 0. The van der Waals surface area contributed by atoms with Gasteiger partial charge in [0.1, 0.15) is 11.9 Å². The normalized spacial score (nSPS) is 19.7. The van der Waals surface area contributed by atoms with Gasteiger partial charge in [-0.25, -0.2) is 4.39 Å². The molecule has 19 heavy (non-hydrogen) atoms. The summed E-state index contributed by atoms with van der Waals surface area (Å²) in [4.78, 5) is 0. The van der Waals surface area contributed by atoms with E-state index in [0.29, 0.717) is 19.1 Å². The zero-order valence-corrected chi connectivity index (χ0v) is 13.7. The molecule has 1 heterocycles. The molecule has 0 N–H and O–H groups in total. The molecule has 1 fully saturated rings. The maximum Gasteiger partial charge on any atom is 1.00 e. The van der Waals surface area contributed by atoms with Gasteiger partial charge in [-0.1, -0.05) is 11.5 Å². The first-order valence-corrected chi connectivity index (χ1v) is 5.70. The number of rotatable bonds is 3. The van der Waals surface area contributed by atoms with Crippen molar-refractivity contribution in [3.63, 3.8) is 0 Å². The molecule has 0 bridgehead atoms. The van der Waals surface area contributed by atoms with E-state index in [4.69, 9.17) is 9.47 Å². The van der Waals surface area contributed by atoms with Gasteiger partial charge in [0.15, 0.2) is 0 Å². The van der Waals surface area contributed by atoms with Crippen LogP contribution in [0.5, 0.6) is 5.75 Å². The zero-order chi connectivity index (χ0) is 13.2. The Morgan fingerprint density at radius 3 is 2.58 bits per heavy atom. The second-order valence-corrected chi connectivity index (χ2v) is 4.21. The molecule has 2 nitrogen and oxygen atoms in total. The summed E-state index contributed by atoms with van der Waals surface area (Å²) in [6, 6.07) is 2.28. The van der Waals surface area contributed by atoms with E-state index in [0.717, 1.165) is 18.6 Å². The predicted octanol–water partition coefficient (Wildman–Crippen LogP) is -0.558. The van der Waals surface area contributed by atoms with Crippen molar-refractivity contribution in [2.45, 2.75) is 18.9 Å². The number of ether oxygens (including phenoxy) is 2. The van der Waals surface area contributed by atoms with Crippen molar-refractivity contribution in [1.82, 2.24) is 0 Å². The molecule has 2 rings (SSSR count). The van der Waals surface area contributed by atoms with Gasteiger partial charge in [0, 0.05) is 12.7 Å². The Hall–Kier alpha value is 0.401. The second kappa shape index (κ2) is 7.42. The van der Waals surface area contributed by atoms with Crippen LogP contribution >= 0.6 is 0 Å². The van der Waals surface area contributed by atoms with Gasteiger partial charge in [0.2, 0.25) is 0 Å². The molecular weight excluding hydrogens is 290 g/mol. The van der Waals surface area contributed by atoms with Gasteiger partial charge in [-0.05, 0) is 18.9 Å². The van der Waals surface area contributed by atoms with Gasteiger partial charge in [0.05, 0.1) is 12.4 Å². The maximum absolute atomic E-state index is 13.0. The van der Waals surface area contributed by atoms with Crippen LogP contribution < -0.4 is 61.6 Å². The molecule has 0 aromatic heterocycles. The van der Waals surface area contributed by atoms with Crippen molar-refractivity contribution in [3.05, 3.63) is 24.0 Å². The Kier molecular flexibility index (Phi) is 6.82. The van der Waals surface area contributed by atoms with Gasteiger partial charge in [0.25, 0.3) is 0 Å². The minimum atomic E-state index is -5.21. The summed E-state index contributed by atoms with van der Waals surface area (Å²) in [6.07, 6.45) is 0.894. The average molecular weight is 302 g/mol. The summed E-state index contributed by atoms with van der Waals surface area (Å²) in [5.74, 6) is -1.19. The molecule has 1 aromatic carbocycles. The van der Waals surface area contributed by atoms with Crippen LogP contribution in [0.2, 0.25) is 0 Å². The molecule has 0 spiro atoms. The fourth-order valence-corrected chi connectivity index (χ4v) is 1.86. The first-order valence-electron chi connectivity index (χ1n) is 5.70. The topological polar surface area (TPSA) is 18.5 Å². The molecule has 1 aliphatic heterocycles. The van der Waals surface area contributed by atoms with Crippen LogP contribution in [0.25, 0.3) is 0 Å². The van der Waals surface area contributed by atoms with Crippen LogP contribution in [-0.4, -0.2) is 26.3 Å². The molecule has 8 heteroatoms. The van der Waals surface area contributed by atoms with E-state index in [1.54, 1.807) is 0 Å². The summed E-state index contributed by atoms with van der Waals surface area (Å²) >= 11 is 0. The average Bonchev–Trinajstić information content (AvgIpc) is 2.28. The molecule has 0 aliphatic carbocycles. The summed E-state index contributed by atoms with van der Waals surface area (Å²) in [7, 11) is 0. The summed E-state index contributed by atoms with van der Waals surface area (Å²) in [5.41, 5.74) is -0.901. The molecule has 1 aliphatic rings. The van der Waals surface area contributed by atoms with Crippen molar-refractivity contribution < 1.29 is 78.2 Å². The van der Waals surface area contributed by atoms with Gasteiger partial charge in [-0.2, -0.15) is 0 Å². The predicted molar refractivity (Wildman–Crippen MR) is 59.6 cm³/mol. The Bertz CT molecular complexity index is 422. The Labute approximate surface area is 151 Å². The van der Waals surface area contributed by atoms with Crippen molar-refractivity contribution >= 4 is 12.4 Å². The van der Waals surface area contributed by atoms with Crippen LogP contribution in [0.1, 0.15) is 12.8 Å². The number of benzene rings is 1. The number of halogens is 4. The Morgan fingerprint density at radius 1 is 1.26 bits per heavy atom. The third-order valence-electron chi connectivity index (χ3n) is 2.74. The van der Waals surface area contributed by atoms with Crippen molar-refractivity contribution in [2.75, 3.05) is 13.2 Å². The number of hydrogen-bond acceptors (Lipinski definition) is 2. The zero-order valence-electron chi connectivity index (χ0n) is 10.5. The van der Waals surface area contributed by atoms with Crippen LogP contribution in [0.4, 0.5) is 17.3 Å². The SMILES string of the molecule is Fc1ccc([B-](F)(F)F)c(OC2CCCOC2)c1.[K+]. The van der Waals surface area contributed by atoms with E-state index < -0.39 is 30.1 Å². The molecule has 1 unspecified atom stereocenters. The first kappa shape index (κ1) is 17.5. The molecule has 1 saturated heterocycles. The van der Waals surface area contributed by atoms with Gasteiger partial charge >= 0.3 is 58.4 Å². The third-order valence-corrected chi connectivity index (χ3v) is 2.74. The van der Waals surface area contributed by atoms with Crippen LogP contribution in [-0.2, 0) is 4.74 Å². The molecule has 1 atom stereocenters. The van der Waals surface area contributed by atoms with Crippen molar-refractivity contribution in [1.29, 1.82) is 0 Å². The minimum Gasteiger partial charge on any atom is -0.491 e. The summed E-state index contributed by atoms with van der Waals surface area (Å²) in [6.45, 7) is -4.40. The standard InChI is InChI=1S/C11H12BF4O2.K/c13-8-3-4-10(12(14,15)16)11(6-8)18-9-2-1-5-17-7-9;/h3-4,6,9H,1-2,5,7H2;/q-1;+1. The van der Waals surface area contributed by atoms with Gasteiger partial charge in [-0.3, -0.25) is 0 Å². The van der Waals surface area contributed by atoms with Crippen LogP contribution in [0.3, 0.4) is 0 Å². The minimum absolute atomic E-state index is 0. The van der Waals surface area contributed by atoms with E-state index in [1.807, 2.05) is 0 Å². The summed E-state index contributed by atoms with van der Waals surface area (Å²) in [5, 5.41) is 0. The quantitative estimate of drug-likeness (QED) is 0.551. The van der Waals surface area contributed by atoms with Gasteiger partial charge in [-0.15, -0.1) is 0 Å². The third kappa shape index (κ3) is 5.02. The first-order chi connectivity index (χ1) is 8.47. The van der Waals surface area contributed by atoms with E-state index in [-0.39, 0.29) is 58.0 Å². The van der Waals surface area contributed by atoms with Crippen molar-refractivity contribution in [3.8, 4) is 5.75 Å². The van der Waals surface area contributed by atoms with E-state index in [1.165, 1.54) is 0 Å². The van der Waals surface area contributed by atoms with Gasteiger partial charge < -0.3 is 22.4 Å². The summed E-state index contributed by atoms with van der Waals surface area (Å²) < 4.78 is 61.6. The van der Waals surface area contributed by atoms with Crippen LogP contribution in [0.15, 0.2) is 18.2 Å². The molecule has 100 valence electrons. The van der Waals surface area contributed by atoms with E-state index >= 15 is 0 Å². The fraction of sp³-hybridized carbons (Fsp3) is 0.455. The fourth-order valence-electron chi connectivity index (χ4n) is 1.86. The van der Waals surface area contributed by atoms with Crippen molar-refractivity contribution in [2.24, 2.45) is 0 Å². The molecule has 1 aromatic rings.